The monoisotopic (exact) mass is 262 g/mol. The summed E-state index contributed by atoms with van der Waals surface area (Å²) in [5.41, 5.74) is 6.93. The molecule has 0 amide bonds. The summed E-state index contributed by atoms with van der Waals surface area (Å²) < 4.78 is 5.76. The van der Waals surface area contributed by atoms with Crippen LogP contribution in [-0.4, -0.2) is 36.9 Å². The number of nitrogens with two attached hydrogens (primary N) is 1. The van der Waals surface area contributed by atoms with Gasteiger partial charge in [-0.2, -0.15) is 0 Å². The maximum absolute atomic E-state index is 11.9. The van der Waals surface area contributed by atoms with Gasteiger partial charge < -0.3 is 10.5 Å². The van der Waals surface area contributed by atoms with Gasteiger partial charge in [0.1, 0.15) is 12.4 Å². The summed E-state index contributed by atoms with van der Waals surface area (Å²) in [7, 11) is 0. The van der Waals surface area contributed by atoms with E-state index < -0.39 is 0 Å². The molecule has 1 fully saturated rings. The molecule has 1 aliphatic heterocycles. The topological polar surface area (TPSA) is 55.6 Å². The molecule has 0 unspecified atom stereocenters. The number of likely N-dealkylation sites (tertiary alicyclic amines) is 1. The number of carbonyl (C=O) groups is 1. The fourth-order valence-electron chi connectivity index (χ4n) is 2.37. The molecule has 1 aromatic carbocycles. The summed E-state index contributed by atoms with van der Waals surface area (Å²) in [6.07, 6.45) is 3.02. The van der Waals surface area contributed by atoms with E-state index in [1.807, 2.05) is 6.92 Å². The Labute approximate surface area is 114 Å². The molecule has 0 saturated carbocycles. The Morgan fingerprint density at radius 1 is 1.37 bits per heavy atom. The number of hydrogen-bond donors (Lipinski definition) is 1. The number of Topliss-reactive ketones (excluding diaryl/α,β-unsaturated/α-hetero) is 1. The van der Waals surface area contributed by atoms with Crippen LogP contribution in [0.15, 0.2) is 18.2 Å². The first-order valence-electron chi connectivity index (χ1n) is 6.98. The Bertz CT molecular complexity index is 440. The molecule has 2 N–H and O–H groups in total. The van der Waals surface area contributed by atoms with Crippen LogP contribution in [0.25, 0.3) is 0 Å². The van der Waals surface area contributed by atoms with E-state index in [1.165, 1.54) is 12.8 Å². The van der Waals surface area contributed by atoms with Crippen LogP contribution in [0.1, 0.15) is 36.5 Å². The van der Waals surface area contributed by atoms with E-state index in [4.69, 9.17) is 10.5 Å². The van der Waals surface area contributed by atoms with Crippen molar-refractivity contribution in [2.45, 2.75) is 26.2 Å². The van der Waals surface area contributed by atoms with Crippen molar-refractivity contribution in [2.24, 2.45) is 0 Å². The third-order valence-electron chi connectivity index (χ3n) is 3.49. The molecular formula is C15H22N2O2. The fourth-order valence-corrected chi connectivity index (χ4v) is 2.37. The van der Waals surface area contributed by atoms with E-state index in [-0.39, 0.29) is 5.78 Å². The summed E-state index contributed by atoms with van der Waals surface area (Å²) in [6.45, 7) is 5.70. The van der Waals surface area contributed by atoms with Gasteiger partial charge in [0.2, 0.25) is 0 Å². The number of ether oxygens (including phenoxy) is 1. The Balaban J connectivity index is 1.96. The lowest BCUT2D eigenvalue weighted by atomic mass is 10.1. The van der Waals surface area contributed by atoms with Crippen molar-refractivity contribution in [1.29, 1.82) is 0 Å². The number of ketones is 1. The van der Waals surface area contributed by atoms with E-state index >= 15 is 0 Å². The molecule has 0 spiro atoms. The molecule has 4 nitrogen and oxygen atoms in total. The van der Waals surface area contributed by atoms with E-state index in [9.17, 15) is 4.79 Å². The van der Waals surface area contributed by atoms with Crippen LogP contribution in [0.4, 0.5) is 5.69 Å². The minimum Gasteiger partial charge on any atom is -0.491 e. The fraction of sp³-hybridized carbons (Fsp3) is 0.533. The predicted octanol–water partition coefficient (Wildman–Crippen LogP) is 2.34. The van der Waals surface area contributed by atoms with Crippen LogP contribution in [0.3, 0.4) is 0 Å². The molecule has 1 saturated heterocycles. The summed E-state index contributed by atoms with van der Waals surface area (Å²) in [6, 6.07) is 5.27. The van der Waals surface area contributed by atoms with Crippen LogP contribution in [0.2, 0.25) is 0 Å². The first-order valence-corrected chi connectivity index (χ1v) is 6.98. The predicted molar refractivity (Wildman–Crippen MR) is 76.6 cm³/mol. The van der Waals surface area contributed by atoms with Crippen molar-refractivity contribution in [3.63, 3.8) is 0 Å². The van der Waals surface area contributed by atoms with Crippen LogP contribution in [-0.2, 0) is 0 Å². The van der Waals surface area contributed by atoms with Crippen LogP contribution in [0.5, 0.6) is 5.75 Å². The molecule has 1 aliphatic rings. The molecule has 4 heteroatoms. The van der Waals surface area contributed by atoms with Crippen molar-refractivity contribution >= 4 is 11.5 Å². The van der Waals surface area contributed by atoms with Gasteiger partial charge in [-0.1, -0.05) is 6.92 Å². The zero-order chi connectivity index (χ0) is 13.7. The second-order valence-corrected chi connectivity index (χ2v) is 4.93. The number of rotatable bonds is 6. The van der Waals surface area contributed by atoms with Crippen LogP contribution < -0.4 is 10.5 Å². The molecule has 0 atom stereocenters. The molecule has 0 radical (unpaired) electrons. The van der Waals surface area contributed by atoms with Gasteiger partial charge in [-0.05, 0) is 44.1 Å². The normalized spacial score (nSPS) is 15.6. The van der Waals surface area contributed by atoms with Gasteiger partial charge in [0.25, 0.3) is 0 Å². The third-order valence-corrected chi connectivity index (χ3v) is 3.49. The minimum atomic E-state index is 0.0727. The first kappa shape index (κ1) is 13.9. The zero-order valence-corrected chi connectivity index (χ0v) is 11.5. The number of anilines is 1. The van der Waals surface area contributed by atoms with Gasteiger partial charge in [-0.15, -0.1) is 0 Å². The van der Waals surface area contributed by atoms with Crippen LogP contribution in [0, 0.1) is 0 Å². The highest BCUT2D eigenvalue weighted by Gasteiger charge is 2.13. The maximum atomic E-state index is 11.9. The zero-order valence-electron chi connectivity index (χ0n) is 11.5. The summed E-state index contributed by atoms with van der Waals surface area (Å²) in [5.74, 6) is 0.726. The average Bonchev–Trinajstić information content (AvgIpc) is 2.92. The lowest BCUT2D eigenvalue weighted by Crippen LogP contribution is -2.25. The molecule has 1 heterocycles. The van der Waals surface area contributed by atoms with Gasteiger partial charge in [0.05, 0.1) is 5.56 Å². The van der Waals surface area contributed by atoms with E-state index in [1.54, 1.807) is 18.2 Å². The number of nitrogen functional groups attached to an aromatic ring is 1. The SMILES string of the molecule is CCC(=O)c1cc(N)ccc1OCCN1CCCC1. The Kier molecular flexibility index (Phi) is 4.80. The van der Waals surface area contributed by atoms with Crippen molar-refractivity contribution < 1.29 is 9.53 Å². The number of benzene rings is 1. The minimum absolute atomic E-state index is 0.0727. The summed E-state index contributed by atoms with van der Waals surface area (Å²) in [4.78, 5) is 14.2. The lowest BCUT2D eigenvalue weighted by Gasteiger charge is -2.16. The molecule has 0 aliphatic carbocycles. The first-order chi connectivity index (χ1) is 9.20. The van der Waals surface area contributed by atoms with Gasteiger partial charge in [-0.25, -0.2) is 0 Å². The summed E-state index contributed by atoms with van der Waals surface area (Å²) >= 11 is 0. The second kappa shape index (κ2) is 6.57. The highest BCUT2D eigenvalue weighted by Crippen LogP contribution is 2.23. The highest BCUT2D eigenvalue weighted by atomic mass is 16.5. The molecule has 0 aromatic heterocycles. The van der Waals surface area contributed by atoms with E-state index in [2.05, 4.69) is 4.90 Å². The van der Waals surface area contributed by atoms with Gasteiger partial charge >= 0.3 is 0 Å². The van der Waals surface area contributed by atoms with E-state index in [0.717, 1.165) is 19.6 Å². The molecule has 0 bridgehead atoms. The van der Waals surface area contributed by atoms with E-state index in [0.29, 0.717) is 30.0 Å². The van der Waals surface area contributed by atoms with Gasteiger partial charge in [0, 0.05) is 18.7 Å². The molecule has 2 rings (SSSR count). The summed E-state index contributed by atoms with van der Waals surface area (Å²) in [5, 5.41) is 0. The lowest BCUT2D eigenvalue weighted by molar-refractivity contribution is 0.0983. The molecule has 1 aromatic rings. The largest absolute Gasteiger partial charge is 0.491 e. The third kappa shape index (κ3) is 3.70. The van der Waals surface area contributed by atoms with Crippen molar-refractivity contribution in [2.75, 3.05) is 32.0 Å². The number of carbonyl (C=O) groups excluding carboxylic acids is 1. The standard InChI is InChI=1S/C15H22N2O2/c1-2-14(18)13-11-12(16)5-6-15(13)19-10-9-17-7-3-4-8-17/h5-6,11H,2-4,7-10,16H2,1H3. The molecule has 104 valence electrons. The Hall–Kier alpha value is -1.55. The molecular weight excluding hydrogens is 240 g/mol. The average molecular weight is 262 g/mol. The number of nitrogens with zero attached hydrogens (tertiary/aromatic N) is 1. The quantitative estimate of drug-likeness (QED) is 0.631. The van der Waals surface area contributed by atoms with Gasteiger partial charge in [0.15, 0.2) is 5.78 Å². The Morgan fingerprint density at radius 3 is 2.79 bits per heavy atom. The Morgan fingerprint density at radius 2 is 2.11 bits per heavy atom. The maximum Gasteiger partial charge on any atom is 0.166 e. The second-order valence-electron chi connectivity index (χ2n) is 4.93. The molecule has 19 heavy (non-hydrogen) atoms. The number of hydrogen-bond acceptors (Lipinski definition) is 4. The van der Waals surface area contributed by atoms with Crippen LogP contribution >= 0.6 is 0 Å². The van der Waals surface area contributed by atoms with Crippen molar-refractivity contribution in [1.82, 2.24) is 4.90 Å². The van der Waals surface area contributed by atoms with Gasteiger partial charge in [-0.3, -0.25) is 9.69 Å². The smallest absolute Gasteiger partial charge is 0.166 e. The highest BCUT2D eigenvalue weighted by molar-refractivity contribution is 5.99. The van der Waals surface area contributed by atoms with Crippen molar-refractivity contribution in [3.8, 4) is 5.75 Å². The van der Waals surface area contributed by atoms with Crippen molar-refractivity contribution in [3.05, 3.63) is 23.8 Å².